The molecule has 82 valence electrons. The molecule has 0 N–H and O–H groups in total. The van der Waals surface area contributed by atoms with Crippen molar-refractivity contribution in [2.75, 3.05) is 18.0 Å². The molecule has 2 fully saturated rings. The van der Waals surface area contributed by atoms with Crippen molar-refractivity contribution in [1.82, 2.24) is 4.98 Å². The standard InChI is InChI=1S/C12H13N3O/c13-6-9-2-1-5-14-12(9)15-7-10-3-4-11(8-15)16-10/h1-2,5,10-11H,3-4,7-8H2. The lowest BCUT2D eigenvalue weighted by Gasteiger charge is -2.33. The third kappa shape index (κ3) is 1.54. The van der Waals surface area contributed by atoms with Crippen LogP contribution in [0.2, 0.25) is 0 Å². The summed E-state index contributed by atoms with van der Waals surface area (Å²) in [5.41, 5.74) is 0.656. The van der Waals surface area contributed by atoms with E-state index in [9.17, 15) is 0 Å². The van der Waals surface area contributed by atoms with Crippen LogP contribution in [0.4, 0.5) is 5.82 Å². The number of hydrogen-bond acceptors (Lipinski definition) is 4. The van der Waals surface area contributed by atoms with Gasteiger partial charge in [0.25, 0.3) is 0 Å². The van der Waals surface area contributed by atoms with Crippen molar-refractivity contribution < 1.29 is 4.74 Å². The smallest absolute Gasteiger partial charge is 0.146 e. The van der Waals surface area contributed by atoms with Gasteiger partial charge in [-0.15, -0.1) is 0 Å². The molecular formula is C12H13N3O. The number of rotatable bonds is 1. The molecule has 0 saturated carbocycles. The van der Waals surface area contributed by atoms with Gasteiger partial charge in [0, 0.05) is 19.3 Å². The van der Waals surface area contributed by atoms with E-state index < -0.39 is 0 Å². The fourth-order valence-electron chi connectivity index (χ4n) is 2.52. The summed E-state index contributed by atoms with van der Waals surface area (Å²) >= 11 is 0. The second-order valence-electron chi connectivity index (χ2n) is 4.35. The Morgan fingerprint density at radius 3 is 2.81 bits per heavy atom. The van der Waals surface area contributed by atoms with Crippen molar-refractivity contribution in [2.45, 2.75) is 25.0 Å². The van der Waals surface area contributed by atoms with E-state index in [0.717, 1.165) is 31.7 Å². The van der Waals surface area contributed by atoms with Crippen molar-refractivity contribution in [3.63, 3.8) is 0 Å². The fourth-order valence-corrected chi connectivity index (χ4v) is 2.52. The average Bonchev–Trinajstić information content (AvgIpc) is 2.68. The zero-order chi connectivity index (χ0) is 11.0. The number of hydrogen-bond donors (Lipinski definition) is 0. The molecule has 4 heteroatoms. The number of ether oxygens (including phenoxy) is 1. The highest BCUT2D eigenvalue weighted by Gasteiger charge is 2.34. The van der Waals surface area contributed by atoms with Gasteiger partial charge in [-0.1, -0.05) is 0 Å². The van der Waals surface area contributed by atoms with E-state index in [-0.39, 0.29) is 0 Å². The molecule has 4 nitrogen and oxygen atoms in total. The van der Waals surface area contributed by atoms with Gasteiger partial charge >= 0.3 is 0 Å². The highest BCUT2D eigenvalue weighted by atomic mass is 16.5. The van der Waals surface area contributed by atoms with Gasteiger partial charge in [0.05, 0.1) is 17.8 Å². The Hall–Kier alpha value is -1.60. The van der Waals surface area contributed by atoms with E-state index in [1.165, 1.54) is 0 Å². The molecule has 2 atom stereocenters. The quantitative estimate of drug-likeness (QED) is 0.709. The van der Waals surface area contributed by atoms with Gasteiger partial charge in [-0.25, -0.2) is 4.98 Å². The fraction of sp³-hybridized carbons (Fsp3) is 0.500. The van der Waals surface area contributed by atoms with Gasteiger partial charge in [0.15, 0.2) is 0 Å². The molecule has 1 aromatic heterocycles. The molecule has 2 saturated heterocycles. The topological polar surface area (TPSA) is 49.2 Å². The van der Waals surface area contributed by atoms with Crippen molar-refractivity contribution in [1.29, 1.82) is 5.26 Å². The maximum Gasteiger partial charge on any atom is 0.146 e. The largest absolute Gasteiger partial charge is 0.371 e. The zero-order valence-electron chi connectivity index (χ0n) is 8.97. The van der Waals surface area contributed by atoms with Crippen molar-refractivity contribution >= 4 is 5.82 Å². The van der Waals surface area contributed by atoms with Crippen LogP contribution in [0.3, 0.4) is 0 Å². The molecule has 0 spiro atoms. The van der Waals surface area contributed by atoms with Crippen LogP contribution in [-0.4, -0.2) is 30.3 Å². The zero-order valence-corrected chi connectivity index (χ0v) is 8.97. The first-order valence-electron chi connectivity index (χ1n) is 5.62. The summed E-state index contributed by atoms with van der Waals surface area (Å²) in [6.45, 7) is 1.73. The Morgan fingerprint density at radius 2 is 2.12 bits per heavy atom. The average molecular weight is 215 g/mol. The van der Waals surface area contributed by atoms with Crippen molar-refractivity contribution in [3.8, 4) is 6.07 Å². The second kappa shape index (κ2) is 3.76. The van der Waals surface area contributed by atoms with Gasteiger partial charge in [0.2, 0.25) is 0 Å². The minimum atomic E-state index is 0.326. The Kier molecular flexibility index (Phi) is 2.26. The van der Waals surface area contributed by atoms with E-state index >= 15 is 0 Å². The summed E-state index contributed by atoms with van der Waals surface area (Å²) in [4.78, 5) is 6.50. The third-order valence-electron chi connectivity index (χ3n) is 3.25. The second-order valence-corrected chi connectivity index (χ2v) is 4.35. The Labute approximate surface area is 94.5 Å². The Balaban J connectivity index is 1.90. The lowest BCUT2D eigenvalue weighted by Crippen LogP contribution is -2.43. The minimum absolute atomic E-state index is 0.326. The van der Waals surface area contributed by atoms with Crippen LogP contribution < -0.4 is 4.90 Å². The van der Waals surface area contributed by atoms with Crippen LogP contribution >= 0.6 is 0 Å². The van der Waals surface area contributed by atoms with Gasteiger partial charge in [-0.05, 0) is 25.0 Å². The summed E-state index contributed by atoms with van der Waals surface area (Å²) in [5.74, 6) is 0.810. The van der Waals surface area contributed by atoms with Gasteiger partial charge in [-0.3, -0.25) is 0 Å². The lowest BCUT2D eigenvalue weighted by atomic mass is 10.2. The molecule has 2 aliphatic rings. The molecular weight excluding hydrogens is 202 g/mol. The van der Waals surface area contributed by atoms with Crippen LogP contribution in [0.15, 0.2) is 18.3 Å². The number of fused-ring (bicyclic) bond motifs is 2. The molecule has 2 aliphatic heterocycles. The monoisotopic (exact) mass is 215 g/mol. The van der Waals surface area contributed by atoms with Crippen LogP contribution in [0.5, 0.6) is 0 Å². The van der Waals surface area contributed by atoms with E-state index in [4.69, 9.17) is 10.00 Å². The van der Waals surface area contributed by atoms with Crippen molar-refractivity contribution in [3.05, 3.63) is 23.9 Å². The first-order valence-corrected chi connectivity index (χ1v) is 5.62. The van der Waals surface area contributed by atoms with Crippen molar-refractivity contribution in [2.24, 2.45) is 0 Å². The van der Waals surface area contributed by atoms with E-state index in [0.29, 0.717) is 17.8 Å². The van der Waals surface area contributed by atoms with Crippen LogP contribution in [0.25, 0.3) is 0 Å². The number of pyridine rings is 1. The highest BCUT2D eigenvalue weighted by Crippen LogP contribution is 2.29. The summed E-state index contributed by atoms with van der Waals surface area (Å²) in [6, 6.07) is 5.82. The van der Waals surface area contributed by atoms with Crippen LogP contribution in [-0.2, 0) is 4.74 Å². The van der Waals surface area contributed by atoms with E-state index in [2.05, 4.69) is 16.0 Å². The van der Waals surface area contributed by atoms with Crippen LogP contribution in [0, 0.1) is 11.3 Å². The van der Waals surface area contributed by atoms with E-state index in [1.807, 2.05) is 6.07 Å². The SMILES string of the molecule is N#Cc1cccnc1N1CC2CCC(C1)O2. The summed E-state index contributed by atoms with van der Waals surface area (Å²) in [7, 11) is 0. The van der Waals surface area contributed by atoms with Crippen LogP contribution in [0.1, 0.15) is 18.4 Å². The maximum absolute atomic E-state index is 9.05. The van der Waals surface area contributed by atoms with Gasteiger partial charge in [-0.2, -0.15) is 5.26 Å². The molecule has 2 bridgehead atoms. The molecule has 0 amide bonds. The normalized spacial score (nSPS) is 27.8. The highest BCUT2D eigenvalue weighted by molar-refractivity contribution is 5.54. The molecule has 3 rings (SSSR count). The number of anilines is 1. The summed E-state index contributed by atoms with van der Waals surface area (Å²) in [5, 5.41) is 9.05. The number of aromatic nitrogens is 1. The number of morpholine rings is 1. The third-order valence-corrected chi connectivity index (χ3v) is 3.25. The maximum atomic E-state index is 9.05. The lowest BCUT2D eigenvalue weighted by molar-refractivity contribution is 0.0302. The Bertz CT molecular complexity index is 428. The predicted octanol–water partition coefficient (Wildman–Crippen LogP) is 1.32. The minimum Gasteiger partial charge on any atom is -0.371 e. The number of nitriles is 1. The molecule has 16 heavy (non-hydrogen) atoms. The predicted molar refractivity (Wildman–Crippen MR) is 59.1 cm³/mol. The molecule has 3 heterocycles. The summed E-state index contributed by atoms with van der Waals surface area (Å²) in [6.07, 6.45) is 4.67. The molecule has 0 radical (unpaired) electrons. The summed E-state index contributed by atoms with van der Waals surface area (Å²) < 4.78 is 5.77. The van der Waals surface area contributed by atoms with Gasteiger partial charge < -0.3 is 9.64 Å². The first kappa shape index (κ1) is 9.61. The Morgan fingerprint density at radius 1 is 1.38 bits per heavy atom. The number of nitrogens with zero attached hydrogens (tertiary/aromatic N) is 3. The molecule has 1 aromatic rings. The first-order chi connectivity index (χ1) is 7.86. The molecule has 0 aromatic carbocycles. The molecule has 0 aliphatic carbocycles. The van der Waals surface area contributed by atoms with Gasteiger partial charge in [0.1, 0.15) is 11.9 Å². The van der Waals surface area contributed by atoms with E-state index in [1.54, 1.807) is 12.3 Å². The molecule has 2 unspecified atom stereocenters.